The number of halogens is 1. The zero-order valence-electron chi connectivity index (χ0n) is 14.7. The summed E-state index contributed by atoms with van der Waals surface area (Å²) in [7, 11) is 0. The Bertz CT molecular complexity index is 742. The molecule has 0 spiro atoms. The van der Waals surface area contributed by atoms with Crippen LogP contribution in [-0.4, -0.2) is 44.8 Å². The molecule has 1 aliphatic rings. The van der Waals surface area contributed by atoms with E-state index in [-0.39, 0.29) is 5.91 Å². The quantitative estimate of drug-likeness (QED) is 0.388. The Kier molecular flexibility index (Phi) is 7.02. The topological polar surface area (TPSA) is 49.1 Å². The fourth-order valence-corrected chi connectivity index (χ4v) is 3.60. The summed E-state index contributed by atoms with van der Waals surface area (Å²) in [6.07, 6.45) is 2.20. The van der Waals surface area contributed by atoms with Crippen LogP contribution in [0.5, 0.6) is 0 Å². The molecule has 26 heavy (non-hydrogen) atoms. The Morgan fingerprint density at radius 3 is 2.54 bits per heavy atom. The van der Waals surface area contributed by atoms with Gasteiger partial charge in [0, 0.05) is 14.8 Å². The summed E-state index contributed by atoms with van der Waals surface area (Å²) in [5, 5.41) is 4.07. The van der Waals surface area contributed by atoms with Gasteiger partial charge in [-0.15, -0.1) is 0 Å². The lowest BCUT2D eigenvalue weighted by molar-refractivity contribution is -0.900. The van der Waals surface area contributed by atoms with E-state index in [4.69, 9.17) is 0 Å². The van der Waals surface area contributed by atoms with Crippen molar-refractivity contribution in [3.63, 3.8) is 0 Å². The number of piperazine rings is 1. The summed E-state index contributed by atoms with van der Waals surface area (Å²) < 4.78 is 1.11. The Morgan fingerprint density at radius 1 is 1.12 bits per heavy atom. The first-order valence-corrected chi connectivity index (χ1v) is 10.0. The van der Waals surface area contributed by atoms with Crippen LogP contribution in [0.25, 0.3) is 0 Å². The van der Waals surface area contributed by atoms with Gasteiger partial charge in [0.1, 0.15) is 0 Å². The highest BCUT2D eigenvalue weighted by Crippen LogP contribution is 2.12. The van der Waals surface area contributed by atoms with E-state index in [0.717, 1.165) is 41.9 Å². The third-order valence-corrected chi connectivity index (χ3v) is 5.58. The van der Waals surface area contributed by atoms with Gasteiger partial charge in [0.05, 0.1) is 45.4 Å². The van der Waals surface area contributed by atoms with Gasteiger partial charge in [-0.05, 0) is 40.8 Å². The van der Waals surface area contributed by atoms with E-state index in [0.29, 0.717) is 6.42 Å². The van der Waals surface area contributed by atoms with Crippen LogP contribution in [0.15, 0.2) is 59.7 Å². The van der Waals surface area contributed by atoms with Gasteiger partial charge >= 0.3 is 0 Å². The standard InChI is InChI=1S/C20H23IN4O/c21-19-9-5-4-6-17(19)16-22-23-20(26)10-11-24-12-14-25(15-13-24)18-7-2-1-3-8-18/h1-9,16H,10-15H2,(H,23,26)/p+1. The number of quaternary nitrogens is 1. The molecule has 6 heteroatoms. The zero-order chi connectivity index (χ0) is 18.2. The lowest BCUT2D eigenvalue weighted by atomic mass is 10.2. The molecule has 2 aromatic rings. The number of nitrogens with one attached hydrogen (secondary N) is 2. The van der Waals surface area contributed by atoms with Crippen molar-refractivity contribution in [1.82, 2.24) is 5.43 Å². The highest BCUT2D eigenvalue weighted by molar-refractivity contribution is 14.1. The summed E-state index contributed by atoms with van der Waals surface area (Å²) in [5.41, 5.74) is 4.93. The molecule has 136 valence electrons. The Labute approximate surface area is 168 Å². The normalized spacial score (nSPS) is 15.3. The highest BCUT2D eigenvalue weighted by Gasteiger charge is 2.20. The van der Waals surface area contributed by atoms with Gasteiger partial charge in [-0.1, -0.05) is 36.4 Å². The van der Waals surface area contributed by atoms with Crippen molar-refractivity contribution in [2.75, 3.05) is 37.6 Å². The van der Waals surface area contributed by atoms with Gasteiger partial charge in [-0.25, -0.2) is 5.43 Å². The van der Waals surface area contributed by atoms with Crippen molar-refractivity contribution in [3.05, 3.63) is 63.7 Å². The minimum Gasteiger partial charge on any atom is -0.360 e. The minimum absolute atomic E-state index is 0.0230. The largest absolute Gasteiger partial charge is 0.360 e. The Balaban J connectivity index is 1.37. The molecule has 1 aliphatic heterocycles. The van der Waals surface area contributed by atoms with Gasteiger partial charge in [-0.2, -0.15) is 5.10 Å². The molecule has 0 radical (unpaired) electrons. The molecule has 2 aromatic carbocycles. The third kappa shape index (κ3) is 5.54. The van der Waals surface area contributed by atoms with Gasteiger partial charge in [0.2, 0.25) is 5.91 Å². The maximum Gasteiger partial charge on any atom is 0.245 e. The molecule has 0 saturated carbocycles. The van der Waals surface area contributed by atoms with Gasteiger partial charge < -0.3 is 9.80 Å². The molecule has 3 rings (SSSR count). The van der Waals surface area contributed by atoms with Crippen LogP contribution >= 0.6 is 22.6 Å². The first-order valence-electron chi connectivity index (χ1n) is 8.92. The van der Waals surface area contributed by atoms with Crippen LogP contribution in [0.1, 0.15) is 12.0 Å². The summed E-state index contributed by atoms with van der Waals surface area (Å²) in [5.74, 6) is -0.0230. The Hall–Kier alpha value is -1.93. The van der Waals surface area contributed by atoms with Crippen molar-refractivity contribution in [2.24, 2.45) is 5.10 Å². The van der Waals surface area contributed by atoms with Crippen molar-refractivity contribution >= 4 is 40.4 Å². The van der Waals surface area contributed by atoms with Gasteiger partial charge in [-0.3, -0.25) is 4.79 Å². The zero-order valence-corrected chi connectivity index (χ0v) is 16.9. The van der Waals surface area contributed by atoms with Crippen molar-refractivity contribution in [3.8, 4) is 0 Å². The number of carbonyl (C=O) groups excluding carboxylic acids is 1. The number of rotatable bonds is 6. The summed E-state index contributed by atoms with van der Waals surface area (Å²) in [4.78, 5) is 15.9. The first kappa shape index (κ1) is 18.8. The summed E-state index contributed by atoms with van der Waals surface area (Å²) in [6.45, 7) is 5.05. The molecule has 1 saturated heterocycles. The number of amides is 1. The van der Waals surface area contributed by atoms with Crippen LogP contribution in [0.3, 0.4) is 0 Å². The van der Waals surface area contributed by atoms with Crippen molar-refractivity contribution in [2.45, 2.75) is 6.42 Å². The average molecular weight is 463 g/mol. The lowest BCUT2D eigenvalue weighted by Crippen LogP contribution is -3.15. The number of hydrogen-bond acceptors (Lipinski definition) is 3. The van der Waals surface area contributed by atoms with Crippen LogP contribution in [0, 0.1) is 3.57 Å². The van der Waals surface area contributed by atoms with Crippen LogP contribution in [0.2, 0.25) is 0 Å². The second-order valence-electron chi connectivity index (χ2n) is 6.39. The SMILES string of the molecule is O=C(CC[NH+]1CCN(c2ccccc2)CC1)NN=Cc1ccccc1I. The van der Waals surface area contributed by atoms with E-state index < -0.39 is 0 Å². The molecular weight excluding hydrogens is 439 g/mol. The molecule has 0 aliphatic carbocycles. The number of hydrogen-bond donors (Lipinski definition) is 2. The monoisotopic (exact) mass is 463 g/mol. The molecule has 0 unspecified atom stereocenters. The highest BCUT2D eigenvalue weighted by atomic mass is 127. The van der Waals surface area contributed by atoms with Crippen LogP contribution < -0.4 is 15.2 Å². The maximum absolute atomic E-state index is 12.0. The number of carbonyl (C=O) groups is 1. The summed E-state index contributed by atoms with van der Waals surface area (Å²) in [6, 6.07) is 18.5. The van der Waals surface area contributed by atoms with E-state index in [9.17, 15) is 4.79 Å². The first-order chi connectivity index (χ1) is 12.7. The van der Waals surface area contributed by atoms with E-state index in [2.05, 4.69) is 62.3 Å². The average Bonchev–Trinajstić information content (AvgIpc) is 2.69. The molecule has 0 aromatic heterocycles. The number of nitrogens with zero attached hydrogens (tertiary/aromatic N) is 2. The maximum atomic E-state index is 12.0. The predicted octanol–water partition coefficient (Wildman–Crippen LogP) is 1.54. The second kappa shape index (κ2) is 9.68. The van der Waals surface area contributed by atoms with E-state index in [1.54, 1.807) is 6.21 Å². The third-order valence-electron chi connectivity index (χ3n) is 4.60. The van der Waals surface area contributed by atoms with Crippen LogP contribution in [-0.2, 0) is 4.79 Å². The molecule has 2 N–H and O–H groups in total. The van der Waals surface area contributed by atoms with E-state index in [1.807, 2.05) is 30.3 Å². The smallest absolute Gasteiger partial charge is 0.245 e. The fourth-order valence-electron chi connectivity index (χ4n) is 3.07. The number of anilines is 1. The van der Waals surface area contributed by atoms with Crippen LogP contribution in [0.4, 0.5) is 5.69 Å². The minimum atomic E-state index is -0.0230. The fraction of sp³-hybridized carbons (Fsp3) is 0.300. The summed E-state index contributed by atoms with van der Waals surface area (Å²) >= 11 is 2.26. The van der Waals surface area contributed by atoms with Gasteiger partial charge in [0.15, 0.2) is 0 Å². The molecule has 0 bridgehead atoms. The Morgan fingerprint density at radius 2 is 1.81 bits per heavy atom. The molecule has 1 amide bonds. The molecule has 1 fully saturated rings. The lowest BCUT2D eigenvalue weighted by Gasteiger charge is -2.33. The number of para-hydroxylation sites is 1. The van der Waals surface area contributed by atoms with E-state index in [1.165, 1.54) is 10.6 Å². The molecule has 5 nitrogen and oxygen atoms in total. The van der Waals surface area contributed by atoms with Crippen molar-refractivity contribution in [1.29, 1.82) is 0 Å². The molecule has 1 heterocycles. The van der Waals surface area contributed by atoms with Gasteiger partial charge in [0.25, 0.3) is 0 Å². The van der Waals surface area contributed by atoms with E-state index >= 15 is 0 Å². The number of benzene rings is 2. The second-order valence-corrected chi connectivity index (χ2v) is 7.55. The van der Waals surface area contributed by atoms with Crippen molar-refractivity contribution < 1.29 is 9.69 Å². The molecule has 0 atom stereocenters. The predicted molar refractivity (Wildman–Crippen MR) is 114 cm³/mol. The molecular formula is C20H24IN4O+. The number of hydrazone groups is 1.